The molecule has 1 aliphatic carbocycles. The highest BCUT2D eigenvalue weighted by Gasteiger charge is 2.23. The maximum Gasteiger partial charge on any atom is 0.246 e. The Morgan fingerprint density at radius 2 is 2.29 bits per heavy atom. The van der Waals surface area contributed by atoms with Crippen LogP contribution in [0.5, 0.6) is 0 Å². The molecular formula is C10H18N2O2. The summed E-state index contributed by atoms with van der Waals surface area (Å²) in [5, 5.41) is 6.17. The first kappa shape index (κ1) is 9.93. The van der Waals surface area contributed by atoms with Gasteiger partial charge in [-0.15, -0.1) is 0 Å². The molecule has 0 bridgehead atoms. The van der Waals surface area contributed by atoms with Crippen LogP contribution in [0.1, 0.15) is 19.3 Å². The maximum absolute atomic E-state index is 11.2. The summed E-state index contributed by atoms with van der Waals surface area (Å²) in [4.78, 5) is 11.2. The SMILES string of the molecule is O=C(COCC1CCNC1)NC1CC1. The monoisotopic (exact) mass is 198 g/mol. The molecule has 14 heavy (non-hydrogen) atoms. The Balaban J connectivity index is 1.50. The normalized spacial score (nSPS) is 26.4. The van der Waals surface area contributed by atoms with Gasteiger partial charge in [-0.05, 0) is 31.7 Å². The van der Waals surface area contributed by atoms with Crippen molar-refractivity contribution in [1.82, 2.24) is 10.6 Å². The molecule has 4 heteroatoms. The fraction of sp³-hybridized carbons (Fsp3) is 0.900. The minimum absolute atomic E-state index is 0.0402. The van der Waals surface area contributed by atoms with Gasteiger partial charge in [0.2, 0.25) is 5.91 Å². The Labute approximate surface area is 84.4 Å². The first-order valence-electron chi connectivity index (χ1n) is 5.42. The van der Waals surface area contributed by atoms with E-state index in [0.717, 1.165) is 25.9 Å². The van der Waals surface area contributed by atoms with Gasteiger partial charge in [0, 0.05) is 12.6 Å². The number of rotatable bonds is 5. The van der Waals surface area contributed by atoms with Crippen LogP contribution in [0.25, 0.3) is 0 Å². The van der Waals surface area contributed by atoms with Gasteiger partial charge in [0.25, 0.3) is 0 Å². The van der Waals surface area contributed by atoms with Crippen molar-refractivity contribution in [3.63, 3.8) is 0 Å². The van der Waals surface area contributed by atoms with Crippen molar-refractivity contribution >= 4 is 5.91 Å². The summed E-state index contributed by atoms with van der Waals surface area (Å²) in [6.45, 7) is 3.06. The number of amides is 1. The van der Waals surface area contributed by atoms with E-state index in [1.807, 2.05) is 0 Å². The predicted molar refractivity (Wildman–Crippen MR) is 53.0 cm³/mol. The molecule has 1 saturated heterocycles. The summed E-state index contributed by atoms with van der Waals surface area (Å²) < 4.78 is 5.36. The van der Waals surface area contributed by atoms with Crippen molar-refractivity contribution in [2.24, 2.45) is 5.92 Å². The van der Waals surface area contributed by atoms with Crippen LogP contribution in [0.3, 0.4) is 0 Å². The molecule has 2 N–H and O–H groups in total. The molecule has 1 unspecified atom stereocenters. The Morgan fingerprint density at radius 3 is 2.93 bits per heavy atom. The topological polar surface area (TPSA) is 50.4 Å². The molecule has 1 saturated carbocycles. The lowest BCUT2D eigenvalue weighted by Gasteiger charge is -2.09. The minimum atomic E-state index is 0.0402. The van der Waals surface area contributed by atoms with Crippen LogP contribution in [0.2, 0.25) is 0 Å². The fourth-order valence-corrected chi connectivity index (χ4v) is 1.67. The highest BCUT2D eigenvalue weighted by atomic mass is 16.5. The predicted octanol–water partition coefficient (Wildman–Crippen LogP) is -0.109. The molecular weight excluding hydrogens is 180 g/mol. The average molecular weight is 198 g/mol. The molecule has 0 spiro atoms. The van der Waals surface area contributed by atoms with Gasteiger partial charge in [0.05, 0.1) is 6.61 Å². The van der Waals surface area contributed by atoms with Crippen LogP contribution in [-0.4, -0.2) is 38.3 Å². The van der Waals surface area contributed by atoms with E-state index >= 15 is 0 Å². The highest BCUT2D eigenvalue weighted by molar-refractivity contribution is 5.77. The van der Waals surface area contributed by atoms with E-state index < -0.39 is 0 Å². The zero-order valence-electron chi connectivity index (χ0n) is 8.42. The quantitative estimate of drug-likeness (QED) is 0.648. The molecule has 0 aromatic carbocycles. The zero-order chi connectivity index (χ0) is 9.80. The van der Waals surface area contributed by atoms with Gasteiger partial charge in [-0.25, -0.2) is 0 Å². The van der Waals surface area contributed by atoms with E-state index in [9.17, 15) is 4.79 Å². The van der Waals surface area contributed by atoms with Gasteiger partial charge in [-0.3, -0.25) is 4.79 Å². The van der Waals surface area contributed by atoms with Gasteiger partial charge < -0.3 is 15.4 Å². The molecule has 0 aromatic heterocycles. The summed E-state index contributed by atoms with van der Waals surface area (Å²) in [5.74, 6) is 0.641. The Hall–Kier alpha value is -0.610. The molecule has 0 radical (unpaired) electrons. The van der Waals surface area contributed by atoms with Crippen molar-refractivity contribution in [3.8, 4) is 0 Å². The third kappa shape index (κ3) is 3.27. The van der Waals surface area contributed by atoms with Gasteiger partial charge in [0.1, 0.15) is 6.61 Å². The number of hydrogen-bond acceptors (Lipinski definition) is 3. The third-order valence-electron chi connectivity index (χ3n) is 2.69. The molecule has 4 nitrogen and oxygen atoms in total. The molecule has 1 aliphatic heterocycles. The summed E-state index contributed by atoms with van der Waals surface area (Å²) in [7, 11) is 0. The summed E-state index contributed by atoms with van der Waals surface area (Å²) in [6.07, 6.45) is 3.45. The van der Waals surface area contributed by atoms with Crippen molar-refractivity contribution in [3.05, 3.63) is 0 Å². The lowest BCUT2D eigenvalue weighted by molar-refractivity contribution is -0.126. The van der Waals surface area contributed by atoms with Gasteiger partial charge in [-0.2, -0.15) is 0 Å². The van der Waals surface area contributed by atoms with E-state index in [-0.39, 0.29) is 12.5 Å². The Morgan fingerprint density at radius 1 is 1.43 bits per heavy atom. The van der Waals surface area contributed by atoms with Gasteiger partial charge in [0.15, 0.2) is 0 Å². The van der Waals surface area contributed by atoms with E-state index in [1.165, 1.54) is 6.42 Å². The van der Waals surface area contributed by atoms with Gasteiger partial charge in [-0.1, -0.05) is 0 Å². The molecule has 0 aromatic rings. The highest BCUT2D eigenvalue weighted by Crippen LogP contribution is 2.18. The second-order valence-electron chi connectivity index (χ2n) is 4.22. The van der Waals surface area contributed by atoms with E-state index in [1.54, 1.807) is 0 Å². The minimum Gasteiger partial charge on any atom is -0.371 e. The van der Waals surface area contributed by atoms with E-state index in [4.69, 9.17) is 4.74 Å². The largest absolute Gasteiger partial charge is 0.371 e. The van der Waals surface area contributed by atoms with Crippen LogP contribution in [0.15, 0.2) is 0 Å². The van der Waals surface area contributed by atoms with Crippen molar-refractivity contribution < 1.29 is 9.53 Å². The van der Waals surface area contributed by atoms with E-state index in [0.29, 0.717) is 18.6 Å². The molecule has 1 atom stereocenters. The van der Waals surface area contributed by atoms with Gasteiger partial charge >= 0.3 is 0 Å². The lowest BCUT2D eigenvalue weighted by atomic mass is 10.1. The lowest BCUT2D eigenvalue weighted by Crippen LogP contribution is -2.30. The summed E-state index contributed by atoms with van der Waals surface area (Å²) in [6, 6.07) is 0.444. The third-order valence-corrected chi connectivity index (χ3v) is 2.69. The fourth-order valence-electron chi connectivity index (χ4n) is 1.67. The number of carbonyl (C=O) groups is 1. The standard InChI is InChI=1S/C10H18N2O2/c13-10(12-9-1-2-9)7-14-6-8-3-4-11-5-8/h8-9,11H,1-7H2,(H,12,13). The van der Waals surface area contributed by atoms with Crippen molar-refractivity contribution in [2.45, 2.75) is 25.3 Å². The number of ether oxygens (including phenoxy) is 1. The molecule has 2 rings (SSSR count). The van der Waals surface area contributed by atoms with Crippen molar-refractivity contribution in [1.29, 1.82) is 0 Å². The van der Waals surface area contributed by atoms with Crippen LogP contribution in [-0.2, 0) is 9.53 Å². The first-order chi connectivity index (χ1) is 6.84. The number of nitrogens with one attached hydrogen (secondary N) is 2. The molecule has 1 amide bonds. The van der Waals surface area contributed by atoms with Crippen molar-refractivity contribution in [2.75, 3.05) is 26.3 Å². The van der Waals surface area contributed by atoms with Crippen LogP contribution in [0, 0.1) is 5.92 Å². The Bertz CT molecular complexity index is 198. The summed E-state index contributed by atoms with van der Waals surface area (Å²) >= 11 is 0. The summed E-state index contributed by atoms with van der Waals surface area (Å²) in [5.41, 5.74) is 0. The molecule has 80 valence electrons. The second-order valence-corrected chi connectivity index (χ2v) is 4.22. The van der Waals surface area contributed by atoms with Crippen LogP contribution >= 0.6 is 0 Å². The number of carbonyl (C=O) groups excluding carboxylic acids is 1. The number of hydrogen-bond donors (Lipinski definition) is 2. The Kier molecular flexibility index (Phi) is 3.37. The molecule has 2 aliphatic rings. The maximum atomic E-state index is 11.2. The molecule has 1 heterocycles. The first-order valence-corrected chi connectivity index (χ1v) is 5.42. The van der Waals surface area contributed by atoms with Crippen LogP contribution in [0.4, 0.5) is 0 Å². The van der Waals surface area contributed by atoms with E-state index in [2.05, 4.69) is 10.6 Å². The average Bonchev–Trinajstić information content (AvgIpc) is 2.82. The smallest absolute Gasteiger partial charge is 0.246 e. The molecule has 2 fully saturated rings. The zero-order valence-corrected chi connectivity index (χ0v) is 8.42. The van der Waals surface area contributed by atoms with Crippen LogP contribution < -0.4 is 10.6 Å². The second kappa shape index (κ2) is 4.75.